The van der Waals surface area contributed by atoms with Gasteiger partial charge in [0.1, 0.15) is 11.3 Å². The minimum absolute atomic E-state index is 0.109. The number of ether oxygens (including phenoxy) is 1. The molecule has 1 heterocycles. The van der Waals surface area contributed by atoms with Crippen LogP contribution in [0.2, 0.25) is 5.02 Å². The van der Waals surface area contributed by atoms with Gasteiger partial charge in [-0.25, -0.2) is 4.98 Å². The molecule has 4 rings (SSSR count). The average Bonchev–Trinajstić information content (AvgIpc) is 3.11. The number of halogens is 2. The van der Waals surface area contributed by atoms with Gasteiger partial charge in [0.15, 0.2) is 12.2 Å². The molecule has 0 unspecified atom stereocenters. The second kappa shape index (κ2) is 8.04. The normalized spacial score (nSPS) is 10.8. The third kappa shape index (κ3) is 4.35. The van der Waals surface area contributed by atoms with Crippen molar-refractivity contribution in [1.82, 2.24) is 4.98 Å². The maximum absolute atomic E-state index is 12.1. The molecule has 140 valence electrons. The minimum Gasteiger partial charge on any atom is -0.484 e. The number of oxazole rings is 1. The average molecular weight is 458 g/mol. The van der Waals surface area contributed by atoms with E-state index < -0.39 is 0 Å². The van der Waals surface area contributed by atoms with Crippen molar-refractivity contribution >= 4 is 50.2 Å². The summed E-state index contributed by atoms with van der Waals surface area (Å²) in [6.07, 6.45) is 0. The maximum atomic E-state index is 12.1. The molecule has 1 aromatic heterocycles. The fourth-order valence-electron chi connectivity index (χ4n) is 2.63. The van der Waals surface area contributed by atoms with Gasteiger partial charge in [-0.3, -0.25) is 4.79 Å². The molecule has 1 N–H and O–H groups in total. The van der Waals surface area contributed by atoms with E-state index in [9.17, 15) is 4.79 Å². The molecule has 0 radical (unpaired) electrons. The lowest BCUT2D eigenvalue weighted by Crippen LogP contribution is -2.20. The summed E-state index contributed by atoms with van der Waals surface area (Å²) in [7, 11) is 0. The summed E-state index contributed by atoms with van der Waals surface area (Å²) in [5.74, 6) is 0.820. The first-order valence-corrected chi connectivity index (χ1v) is 9.59. The summed E-state index contributed by atoms with van der Waals surface area (Å²) < 4.78 is 12.2. The summed E-state index contributed by atoms with van der Waals surface area (Å²) in [6, 6.07) is 19.8. The van der Waals surface area contributed by atoms with E-state index >= 15 is 0 Å². The minimum atomic E-state index is -0.273. The fourth-order valence-corrected chi connectivity index (χ4v) is 3.15. The van der Waals surface area contributed by atoms with Crippen molar-refractivity contribution in [3.8, 4) is 17.2 Å². The largest absolute Gasteiger partial charge is 0.484 e. The highest BCUT2D eigenvalue weighted by Gasteiger charge is 2.10. The Morgan fingerprint density at radius 2 is 1.93 bits per heavy atom. The second-order valence-corrected chi connectivity index (χ2v) is 7.35. The van der Waals surface area contributed by atoms with Crippen LogP contribution in [0.1, 0.15) is 0 Å². The lowest BCUT2D eigenvalue weighted by atomic mass is 10.2. The van der Waals surface area contributed by atoms with E-state index in [0.29, 0.717) is 33.4 Å². The predicted octanol–water partition coefficient (Wildman–Crippen LogP) is 5.93. The standard InChI is InChI=1S/C21H14BrClN2O3/c22-14-3-1-2-13(10-14)21-25-18-11-16(6-9-19(18)28-21)24-20(26)12-27-17-7-4-15(23)5-8-17/h1-11H,12H2,(H,24,26). The molecule has 5 nitrogen and oxygen atoms in total. The molecular formula is C21H14BrClN2O3. The number of nitrogens with zero attached hydrogens (tertiary/aromatic N) is 1. The SMILES string of the molecule is O=C(COc1ccc(Cl)cc1)Nc1ccc2oc(-c3cccc(Br)c3)nc2c1. The van der Waals surface area contributed by atoms with Crippen LogP contribution in [-0.4, -0.2) is 17.5 Å². The predicted molar refractivity (Wildman–Crippen MR) is 113 cm³/mol. The van der Waals surface area contributed by atoms with Gasteiger partial charge in [-0.1, -0.05) is 33.6 Å². The monoisotopic (exact) mass is 456 g/mol. The third-order valence-corrected chi connectivity index (χ3v) is 4.67. The molecule has 0 saturated carbocycles. The maximum Gasteiger partial charge on any atom is 0.262 e. The number of benzene rings is 3. The second-order valence-electron chi connectivity index (χ2n) is 6.00. The Morgan fingerprint density at radius 3 is 2.71 bits per heavy atom. The Labute approximate surface area is 174 Å². The van der Waals surface area contributed by atoms with Gasteiger partial charge in [-0.05, 0) is 60.7 Å². The van der Waals surface area contributed by atoms with Crippen molar-refractivity contribution in [2.24, 2.45) is 0 Å². The van der Waals surface area contributed by atoms with Gasteiger partial charge in [0.2, 0.25) is 5.89 Å². The topological polar surface area (TPSA) is 64.4 Å². The van der Waals surface area contributed by atoms with Crippen LogP contribution >= 0.6 is 27.5 Å². The lowest BCUT2D eigenvalue weighted by Gasteiger charge is -2.07. The highest BCUT2D eigenvalue weighted by atomic mass is 79.9. The molecule has 0 atom stereocenters. The molecule has 7 heteroatoms. The lowest BCUT2D eigenvalue weighted by molar-refractivity contribution is -0.118. The van der Waals surface area contributed by atoms with Crippen LogP contribution in [0.3, 0.4) is 0 Å². The molecule has 28 heavy (non-hydrogen) atoms. The third-order valence-electron chi connectivity index (χ3n) is 3.93. The molecule has 0 bridgehead atoms. The highest BCUT2D eigenvalue weighted by molar-refractivity contribution is 9.10. The van der Waals surface area contributed by atoms with Gasteiger partial charge in [0.25, 0.3) is 5.91 Å². The van der Waals surface area contributed by atoms with Crippen molar-refractivity contribution < 1.29 is 13.9 Å². The quantitative estimate of drug-likeness (QED) is 0.403. The van der Waals surface area contributed by atoms with Crippen LogP contribution in [0.25, 0.3) is 22.6 Å². The summed E-state index contributed by atoms with van der Waals surface area (Å²) in [4.78, 5) is 16.7. The van der Waals surface area contributed by atoms with Crippen LogP contribution < -0.4 is 10.1 Å². The Kier molecular flexibility index (Phi) is 5.32. The van der Waals surface area contributed by atoms with Gasteiger partial charge in [-0.15, -0.1) is 0 Å². The number of nitrogens with one attached hydrogen (secondary N) is 1. The van der Waals surface area contributed by atoms with E-state index in [1.54, 1.807) is 42.5 Å². The molecular weight excluding hydrogens is 444 g/mol. The number of rotatable bonds is 5. The zero-order valence-corrected chi connectivity index (χ0v) is 16.8. The van der Waals surface area contributed by atoms with E-state index in [4.69, 9.17) is 20.8 Å². The number of hydrogen-bond acceptors (Lipinski definition) is 4. The van der Waals surface area contributed by atoms with Crippen LogP contribution in [0, 0.1) is 0 Å². The zero-order chi connectivity index (χ0) is 19.5. The molecule has 4 aromatic rings. The van der Waals surface area contributed by atoms with Gasteiger partial charge in [0, 0.05) is 20.7 Å². The van der Waals surface area contributed by atoms with Crippen molar-refractivity contribution in [1.29, 1.82) is 0 Å². The summed E-state index contributed by atoms with van der Waals surface area (Å²) in [5.41, 5.74) is 2.79. The molecule has 0 aliphatic rings. The van der Waals surface area contributed by atoms with Crippen LogP contribution in [0.4, 0.5) is 5.69 Å². The first-order chi connectivity index (χ1) is 13.6. The molecule has 3 aromatic carbocycles. The number of carbonyl (C=O) groups excluding carboxylic acids is 1. The van der Waals surface area contributed by atoms with Gasteiger partial charge < -0.3 is 14.5 Å². The first kappa shape index (κ1) is 18.5. The Balaban J connectivity index is 1.45. The molecule has 0 saturated heterocycles. The highest BCUT2D eigenvalue weighted by Crippen LogP contribution is 2.27. The number of fused-ring (bicyclic) bond motifs is 1. The summed E-state index contributed by atoms with van der Waals surface area (Å²) in [6.45, 7) is -0.109. The van der Waals surface area contributed by atoms with Crippen LogP contribution in [-0.2, 0) is 4.79 Å². The molecule has 0 aliphatic heterocycles. The molecule has 1 amide bonds. The number of amides is 1. The van der Waals surface area contributed by atoms with Gasteiger partial charge in [-0.2, -0.15) is 0 Å². The first-order valence-electron chi connectivity index (χ1n) is 8.41. The van der Waals surface area contributed by atoms with Gasteiger partial charge >= 0.3 is 0 Å². The zero-order valence-electron chi connectivity index (χ0n) is 14.5. The van der Waals surface area contributed by atoms with Crippen molar-refractivity contribution in [3.05, 3.63) is 76.2 Å². The smallest absolute Gasteiger partial charge is 0.262 e. The van der Waals surface area contributed by atoms with Crippen molar-refractivity contribution in [3.63, 3.8) is 0 Å². The Hall–Kier alpha value is -2.83. The number of hydrogen-bond donors (Lipinski definition) is 1. The van der Waals surface area contributed by atoms with Crippen LogP contribution in [0.5, 0.6) is 5.75 Å². The van der Waals surface area contributed by atoms with Gasteiger partial charge in [0.05, 0.1) is 0 Å². The summed E-state index contributed by atoms with van der Waals surface area (Å²) in [5, 5.41) is 3.41. The van der Waals surface area contributed by atoms with E-state index in [2.05, 4.69) is 26.2 Å². The van der Waals surface area contributed by atoms with E-state index in [0.717, 1.165) is 10.0 Å². The van der Waals surface area contributed by atoms with Crippen molar-refractivity contribution in [2.75, 3.05) is 11.9 Å². The number of aromatic nitrogens is 1. The van der Waals surface area contributed by atoms with Crippen molar-refractivity contribution in [2.45, 2.75) is 0 Å². The fraction of sp³-hybridized carbons (Fsp3) is 0.0476. The molecule has 0 spiro atoms. The van der Waals surface area contributed by atoms with Crippen LogP contribution in [0.15, 0.2) is 75.6 Å². The number of anilines is 1. The molecule has 0 fully saturated rings. The number of carbonyl (C=O) groups is 1. The van der Waals surface area contributed by atoms with E-state index in [1.165, 1.54) is 0 Å². The van der Waals surface area contributed by atoms with E-state index in [-0.39, 0.29) is 12.5 Å². The Bertz CT molecular complexity index is 1140. The summed E-state index contributed by atoms with van der Waals surface area (Å²) >= 11 is 9.27. The molecule has 0 aliphatic carbocycles. The van der Waals surface area contributed by atoms with E-state index in [1.807, 2.05) is 24.3 Å². The Morgan fingerprint density at radius 1 is 1.11 bits per heavy atom.